The van der Waals surface area contributed by atoms with E-state index >= 15 is 0 Å². The number of nitrogens with zero attached hydrogens (tertiary/aromatic N) is 2. The van der Waals surface area contributed by atoms with E-state index in [4.69, 9.17) is 9.97 Å². The van der Waals surface area contributed by atoms with Crippen molar-refractivity contribution in [3.8, 4) is 56.2 Å². The molecule has 10 rings (SSSR count). The number of hydrogen-bond donors (Lipinski definition) is 0. The maximum Gasteiger partial charge on any atom is 0.193 e. The van der Waals surface area contributed by atoms with Crippen LogP contribution < -0.4 is 0 Å². The molecule has 8 aromatic rings. The molecule has 0 aliphatic heterocycles. The smallest absolute Gasteiger partial charge is 0.193 e. The van der Waals surface area contributed by atoms with Crippen molar-refractivity contribution in [3.63, 3.8) is 0 Å². The normalized spacial score (nSPS) is 13.3. The van der Waals surface area contributed by atoms with E-state index in [2.05, 4.69) is 133 Å². The van der Waals surface area contributed by atoms with Crippen molar-refractivity contribution in [2.45, 2.75) is 5.41 Å². The van der Waals surface area contributed by atoms with Crippen LogP contribution in [0.5, 0.6) is 0 Å². The van der Waals surface area contributed by atoms with Crippen LogP contribution in [0, 0.1) is 0 Å². The Balaban J connectivity index is 1.26. The zero-order chi connectivity index (χ0) is 33.9. The van der Waals surface area contributed by atoms with Crippen molar-refractivity contribution < 1.29 is 4.79 Å². The van der Waals surface area contributed by atoms with E-state index < -0.39 is 5.41 Å². The molecule has 2 aliphatic rings. The highest BCUT2D eigenvalue weighted by Gasteiger charge is 2.52. The fraction of sp³-hybridized carbons (Fsp3) is 0.0208. The first-order chi connectivity index (χ1) is 25.2. The third-order valence-corrected chi connectivity index (χ3v) is 10.5. The van der Waals surface area contributed by atoms with Crippen LogP contribution >= 0.6 is 0 Å². The first-order valence-electron chi connectivity index (χ1n) is 17.3. The predicted octanol–water partition coefficient (Wildman–Crippen LogP) is 11.1. The van der Waals surface area contributed by atoms with Gasteiger partial charge in [0, 0.05) is 27.8 Å². The Kier molecular flexibility index (Phi) is 6.55. The average molecular weight is 651 g/mol. The summed E-state index contributed by atoms with van der Waals surface area (Å²) in [6.45, 7) is 0. The molecule has 3 nitrogen and oxygen atoms in total. The van der Waals surface area contributed by atoms with Crippen molar-refractivity contribution in [2.75, 3.05) is 0 Å². The van der Waals surface area contributed by atoms with Gasteiger partial charge in [0.1, 0.15) is 0 Å². The molecule has 0 amide bonds. The number of carbonyl (C=O) groups excluding carboxylic acids is 1. The predicted molar refractivity (Wildman–Crippen MR) is 205 cm³/mol. The Morgan fingerprint density at radius 3 is 1.51 bits per heavy atom. The van der Waals surface area contributed by atoms with Crippen molar-refractivity contribution in [2.24, 2.45) is 0 Å². The van der Waals surface area contributed by atoms with Gasteiger partial charge in [0.25, 0.3) is 0 Å². The third-order valence-electron chi connectivity index (χ3n) is 10.5. The van der Waals surface area contributed by atoms with Gasteiger partial charge in [-0.1, -0.05) is 170 Å². The minimum Gasteiger partial charge on any atom is -0.289 e. The van der Waals surface area contributed by atoms with Crippen molar-refractivity contribution >= 4 is 5.78 Å². The summed E-state index contributed by atoms with van der Waals surface area (Å²) >= 11 is 0. The van der Waals surface area contributed by atoms with E-state index in [0.717, 1.165) is 78.1 Å². The Morgan fingerprint density at radius 1 is 0.353 bits per heavy atom. The van der Waals surface area contributed by atoms with Gasteiger partial charge in [-0.05, 0) is 56.6 Å². The highest BCUT2D eigenvalue weighted by Crippen LogP contribution is 2.60. The summed E-state index contributed by atoms with van der Waals surface area (Å²) in [6, 6.07) is 62.9. The number of rotatable bonds is 4. The molecule has 0 fully saturated rings. The molecule has 1 spiro atoms. The second-order valence-electron chi connectivity index (χ2n) is 13.2. The molecule has 0 unspecified atom stereocenters. The van der Waals surface area contributed by atoms with Gasteiger partial charge >= 0.3 is 0 Å². The van der Waals surface area contributed by atoms with Gasteiger partial charge in [0.2, 0.25) is 0 Å². The maximum atomic E-state index is 14.0. The second-order valence-corrected chi connectivity index (χ2v) is 13.2. The zero-order valence-electron chi connectivity index (χ0n) is 27.6. The molecule has 0 saturated heterocycles. The summed E-state index contributed by atoms with van der Waals surface area (Å²) in [5.74, 6) is 0.741. The fourth-order valence-corrected chi connectivity index (χ4v) is 8.37. The Morgan fingerprint density at radius 2 is 0.824 bits per heavy atom. The highest BCUT2D eigenvalue weighted by atomic mass is 16.1. The van der Waals surface area contributed by atoms with Crippen molar-refractivity contribution in [3.05, 3.63) is 215 Å². The van der Waals surface area contributed by atoms with Crippen LogP contribution in [0.1, 0.15) is 38.2 Å². The van der Waals surface area contributed by atoms with Gasteiger partial charge in [0.05, 0.1) is 16.8 Å². The molecule has 238 valence electrons. The van der Waals surface area contributed by atoms with E-state index in [9.17, 15) is 4.79 Å². The maximum absolute atomic E-state index is 14.0. The topological polar surface area (TPSA) is 42.9 Å². The first-order valence-corrected chi connectivity index (χ1v) is 17.3. The first kappa shape index (κ1) is 29.2. The number of fused-ring (bicyclic) bond motifs is 9. The van der Waals surface area contributed by atoms with E-state index in [-0.39, 0.29) is 5.78 Å². The third kappa shape index (κ3) is 4.35. The van der Waals surface area contributed by atoms with E-state index in [1.165, 1.54) is 5.56 Å². The molecular formula is C48H30N2O. The molecule has 3 heteroatoms. The van der Waals surface area contributed by atoms with Gasteiger partial charge in [-0.3, -0.25) is 4.79 Å². The lowest BCUT2D eigenvalue weighted by atomic mass is 9.61. The molecule has 1 aromatic heterocycles. The summed E-state index contributed by atoms with van der Waals surface area (Å²) in [4.78, 5) is 24.5. The van der Waals surface area contributed by atoms with Gasteiger partial charge in [0.15, 0.2) is 11.6 Å². The fourth-order valence-electron chi connectivity index (χ4n) is 8.37. The van der Waals surface area contributed by atoms with E-state index in [1.807, 2.05) is 48.5 Å². The summed E-state index contributed by atoms with van der Waals surface area (Å²) in [5, 5.41) is 0. The van der Waals surface area contributed by atoms with Crippen LogP contribution in [-0.2, 0) is 5.41 Å². The van der Waals surface area contributed by atoms with Crippen LogP contribution in [0.4, 0.5) is 0 Å². The molecule has 0 radical (unpaired) electrons. The molecular weight excluding hydrogens is 621 g/mol. The number of aromatic nitrogens is 2. The largest absolute Gasteiger partial charge is 0.289 e. The molecule has 51 heavy (non-hydrogen) atoms. The quantitative estimate of drug-likeness (QED) is 0.190. The summed E-state index contributed by atoms with van der Waals surface area (Å²) < 4.78 is 0. The molecule has 2 aliphatic carbocycles. The highest BCUT2D eigenvalue weighted by molar-refractivity contribution is 6.15. The van der Waals surface area contributed by atoms with Gasteiger partial charge in [-0.15, -0.1) is 0 Å². The Labute approximate surface area is 296 Å². The number of carbonyl (C=O) groups is 1. The summed E-state index contributed by atoms with van der Waals surface area (Å²) in [7, 11) is 0. The van der Waals surface area contributed by atoms with Crippen LogP contribution in [-0.4, -0.2) is 15.8 Å². The lowest BCUT2D eigenvalue weighted by Crippen LogP contribution is -2.36. The van der Waals surface area contributed by atoms with Gasteiger partial charge in [-0.25, -0.2) is 9.97 Å². The van der Waals surface area contributed by atoms with E-state index in [1.54, 1.807) is 0 Å². The number of ketones is 1. The lowest BCUT2D eigenvalue weighted by molar-refractivity contribution is 0.103. The lowest BCUT2D eigenvalue weighted by Gasteiger charge is -2.39. The summed E-state index contributed by atoms with van der Waals surface area (Å²) in [5.41, 5.74) is 14.5. The van der Waals surface area contributed by atoms with Crippen molar-refractivity contribution in [1.29, 1.82) is 0 Å². The molecule has 0 saturated carbocycles. The SMILES string of the molecule is O=C1c2ccccc2C2(c3ccccc31)c1ccccc1-c1c(-c3cc(-c4cccc(-c5ccccc5)c4)nc(-c4ccccc4)n3)cccc12. The second kappa shape index (κ2) is 11.4. The van der Waals surface area contributed by atoms with Crippen LogP contribution in [0.3, 0.4) is 0 Å². The Bertz CT molecular complexity index is 2610. The molecule has 0 atom stereocenters. The number of benzene rings is 7. The van der Waals surface area contributed by atoms with E-state index in [0.29, 0.717) is 5.82 Å². The molecule has 7 aromatic carbocycles. The molecule has 0 bridgehead atoms. The van der Waals surface area contributed by atoms with Crippen LogP contribution in [0.25, 0.3) is 56.2 Å². The monoisotopic (exact) mass is 650 g/mol. The Hall–Kier alpha value is -6.71. The van der Waals surface area contributed by atoms with Crippen molar-refractivity contribution in [1.82, 2.24) is 9.97 Å². The minimum absolute atomic E-state index is 0.0691. The van der Waals surface area contributed by atoms with Crippen LogP contribution in [0.2, 0.25) is 0 Å². The molecule has 0 N–H and O–H groups in total. The van der Waals surface area contributed by atoms with Gasteiger partial charge in [-0.2, -0.15) is 0 Å². The summed E-state index contributed by atoms with van der Waals surface area (Å²) in [6.07, 6.45) is 0. The minimum atomic E-state index is -0.662. The van der Waals surface area contributed by atoms with Gasteiger partial charge < -0.3 is 0 Å². The standard InChI is InChI=1S/C48H30N2O/c51-46-36-22-8-11-26-40(36)48(41-27-12-9-23-37(41)46)39-25-10-7-21-35(39)45-38(24-14-28-42(45)48)44-30-43(49-47(50-44)32-17-5-2-6-18-32)34-20-13-19-33(29-34)31-15-3-1-4-16-31/h1-30H. The van der Waals surface area contributed by atoms with Crippen LogP contribution in [0.15, 0.2) is 182 Å². The zero-order valence-corrected chi connectivity index (χ0v) is 27.6. The number of hydrogen-bond acceptors (Lipinski definition) is 3. The average Bonchev–Trinajstić information content (AvgIpc) is 3.51. The molecule has 1 heterocycles.